The standard InChI is InChI=1S/C10H8N2O5/c1-16-7-4-6(12(14)15)2-5-3-8(10(11)13)17-9(5)7/h2-4H,1H3,(H2,11,13). The maximum absolute atomic E-state index is 10.9. The number of primary amides is 1. The van der Waals surface area contributed by atoms with Crippen LogP contribution in [0.2, 0.25) is 0 Å². The van der Waals surface area contributed by atoms with Gasteiger partial charge in [-0.3, -0.25) is 14.9 Å². The van der Waals surface area contributed by atoms with Gasteiger partial charge in [0, 0.05) is 11.5 Å². The second-order valence-corrected chi connectivity index (χ2v) is 3.30. The lowest BCUT2D eigenvalue weighted by Crippen LogP contribution is -2.08. The summed E-state index contributed by atoms with van der Waals surface area (Å²) in [6, 6.07) is 3.84. The molecule has 7 nitrogen and oxygen atoms in total. The summed E-state index contributed by atoms with van der Waals surface area (Å²) in [4.78, 5) is 21.1. The number of hydrogen-bond donors (Lipinski definition) is 1. The molecule has 0 radical (unpaired) electrons. The maximum Gasteiger partial charge on any atom is 0.284 e. The van der Waals surface area contributed by atoms with Crippen molar-refractivity contribution in [2.75, 3.05) is 7.11 Å². The molecule has 0 fully saturated rings. The number of amides is 1. The van der Waals surface area contributed by atoms with Gasteiger partial charge in [0.1, 0.15) is 0 Å². The van der Waals surface area contributed by atoms with Gasteiger partial charge in [0.25, 0.3) is 11.6 Å². The average Bonchev–Trinajstić information content (AvgIpc) is 2.71. The number of nitro benzene ring substituents is 1. The number of ether oxygens (including phenoxy) is 1. The number of hydrogen-bond acceptors (Lipinski definition) is 5. The molecule has 1 aromatic carbocycles. The van der Waals surface area contributed by atoms with Gasteiger partial charge in [0.05, 0.1) is 18.1 Å². The molecule has 2 rings (SSSR count). The van der Waals surface area contributed by atoms with Crippen LogP contribution in [0.4, 0.5) is 5.69 Å². The minimum absolute atomic E-state index is 0.0706. The Labute approximate surface area is 94.9 Å². The van der Waals surface area contributed by atoms with E-state index in [-0.39, 0.29) is 22.8 Å². The average molecular weight is 236 g/mol. The molecular formula is C10H8N2O5. The normalized spacial score (nSPS) is 10.4. The second-order valence-electron chi connectivity index (χ2n) is 3.30. The molecule has 0 bridgehead atoms. The first-order valence-electron chi connectivity index (χ1n) is 4.58. The van der Waals surface area contributed by atoms with Crippen LogP contribution in [-0.4, -0.2) is 17.9 Å². The summed E-state index contributed by atoms with van der Waals surface area (Å²) in [6.07, 6.45) is 0. The van der Waals surface area contributed by atoms with Gasteiger partial charge in [-0.1, -0.05) is 0 Å². The SMILES string of the molecule is COc1cc([N+](=O)[O-])cc2cc(C(N)=O)oc12. The Bertz CT molecular complexity index is 616. The van der Waals surface area contributed by atoms with E-state index in [0.717, 1.165) is 0 Å². The van der Waals surface area contributed by atoms with Gasteiger partial charge in [-0.2, -0.15) is 0 Å². The van der Waals surface area contributed by atoms with E-state index >= 15 is 0 Å². The van der Waals surface area contributed by atoms with Crippen molar-refractivity contribution in [3.05, 3.63) is 34.1 Å². The monoisotopic (exact) mass is 236 g/mol. The summed E-state index contributed by atoms with van der Waals surface area (Å²) in [5.74, 6) is -0.633. The zero-order valence-corrected chi connectivity index (χ0v) is 8.80. The Hall–Kier alpha value is -2.57. The summed E-state index contributed by atoms with van der Waals surface area (Å²) >= 11 is 0. The number of benzene rings is 1. The van der Waals surface area contributed by atoms with Gasteiger partial charge in [-0.15, -0.1) is 0 Å². The molecule has 2 N–H and O–H groups in total. The smallest absolute Gasteiger partial charge is 0.284 e. The lowest BCUT2D eigenvalue weighted by atomic mass is 10.2. The third-order valence-electron chi connectivity index (χ3n) is 2.24. The topological polar surface area (TPSA) is 109 Å². The molecule has 0 spiro atoms. The third-order valence-corrected chi connectivity index (χ3v) is 2.24. The van der Waals surface area contributed by atoms with E-state index < -0.39 is 10.8 Å². The van der Waals surface area contributed by atoms with Crippen molar-refractivity contribution in [2.24, 2.45) is 5.73 Å². The van der Waals surface area contributed by atoms with Gasteiger partial charge in [0.2, 0.25) is 0 Å². The maximum atomic E-state index is 10.9. The summed E-state index contributed by atoms with van der Waals surface area (Å²) < 4.78 is 10.1. The minimum atomic E-state index is -0.745. The molecule has 0 aliphatic carbocycles. The highest BCUT2D eigenvalue weighted by molar-refractivity contribution is 5.97. The van der Waals surface area contributed by atoms with Crippen molar-refractivity contribution < 1.29 is 18.9 Å². The van der Waals surface area contributed by atoms with E-state index in [9.17, 15) is 14.9 Å². The fraction of sp³-hybridized carbons (Fsp3) is 0.100. The molecule has 0 atom stereocenters. The predicted octanol–water partition coefficient (Wildman–Crippen LogP) is 1.45. The van der Waals surface area contributed by atoms with E-state index in [4.69, 9.17) is 14.9 Å². The molecule has 0 aliphatic rings. The van der Waals surface area contributed by atoms with Crippen LogP contribution < -0.4 is 10.5 Å². The number of nitrogens with two attached hydrogens (primary N) is 1. The van der Waals surface area contributed by atoms with Crippen molar-refractivity contribution in [1.29, 1.82) is 0 Å². The summed E-state index contributed by atoms with van der Waals surface area (Å²) in [6.45, 7) is 0. The summed E-state index contributed by atoms with van der Waals surface area (Å²) in [5, 5.41) is 11.1. The Balaban J connectivity index is 2.73. The fourth-order valence-electron chi connectivity index (χ4n) is 1.48. The van der Waals surface area contributed by atoms with Crippen molar-refractivity contribution in [2.45, 2.75) is 0 Å². The van der Waals surface area contributed by atoms with Gasteiger partial charge >= 0.3 is 0 Å². The molecule has 88 valence electrons. The highest BCUT2D eigenvalue weighted by atomic mass is 16.6. The first-order valence-corrected chi connectivity index (χ1v) is 4.58. The van der Waals surface area contributed by atoms with Crippen LogP contribution in [0.3, 0.4) is 0 Å². The first kappa shape index (κ1) is 10.9. The van der Waals surface area contributed by atoms with E-state index in [1.807, 2.05) is 0 Å². The van der Waals surface area contributed by atoms with Crippen molar-refractivity contribution in [1.82, 2.24) is 0 Å². The summed E-state index contributed by atoms with van der Waals surface area (Å²) in [7, 11) is 1.35. The van der Waals surface area contributed by atoms with Crippen LogP contribution >= 0.6 is 0 Å². The Morgan fingerprint density at radius 2 is 2.18 bits per heavy atom. The highest BCUT2D eigenvalue weighted by Gasteiger charge is 2.17. The lowest BCUT2D eigenvalue weighted by Gasteiger charge is -2.00. The molecular weight excluding hydrogens is 228 g/mol. The van der Waals surface area contributed by atoms with Crippen molar-refractivity contribution in [3.8, 4) is 5.75 Å². The minimum Gasteiger partial charge on any atom is -0.493 e. The van der Waals surface area contributed by atoms with Gasteiger partial charge in [-0.25, -0.2) is 0 Å². The van der Waals surface area contributed by atoms with Crippen LogP contribution in [0.25, 0.3) is 11.0 Å². The Morgan fingerprint density at radius 1 is 1.47 bits per heavy atom. The zero-order valence-electron chi connectivity index (χ0n) is 8.80. The molecule has 17 heavy (non-hydrogen) atoms. The molecule has 7 heteroatoms. The molecule has 0 saturated carbocycles. The molecule has 1 amide bonds. The molecule has 0 unspecified atom stereocenters. The van der Waals surface area contributed by atoms with Crippen LogP contribution in [0.5, 0.6) is 5.75 Å². The van der Waals surface area contributed by atoms with Gasteiger partial charge in [0.15, 0.2) is 17.1 Å². The number of carbonyl (C=O) groups is 1. The molecule has 2 aromatic rings. The Morgan fingerprint density at radius 3 is 2.71 bits per heavy atom. The number of fused-ring (bicyclic) bond motifs is 1. The number of methoxy groups -OCH3 is 1. The van der Waals surface area contributed by atoms with Gasteiger partial charge < -0.3 is 14.9 Å². The van der Waals surface area contributed by atoms with Crippen molar-refractivity contribution >= 4 is 22.6 Å². The van der Waals surface area contributed by atoms with E-state index in [1.165, 1.54) is 25.3 Å². The first-order chi connectivity index (χ1) is 8.02. The van der Waals surface area contributed by atoms with Gasteiger partial charge in [-0.05, 0) is 6.07 Å². The lowest BCUT2D eigenvalue weighted by molar-refractivity contribution is -0.384. The fourth-order valence-corrected chi connectivity index (χ4v) is 1.48. The van der Waals surface area contributed by atoms with Crippen LogP contribution in [-0.2, 0) is 0 Å². The predicted molar refractivity (Wildman–Crippen MR) is 57.9 cm³/mol. The number of non-ortho nitro benzene ring substituents is 1. The molecule has 0 aliphatic heterocycles. The number of furan rings is 1. The Kier molecular flexibility index (Phi) is 2.43. The molecule has 1 heterocycles. The third kappa shape index (κ3) is 1.78. The molecule has 1 aromatic heterocycles. The second kappa shape index (κ2) is 3.78. The highest BCUT2D eigenvalue weighted by Crippen LogP contribution is 2.33. The zero-order chi connectivity index (χ0) is 12.6. The van der Waals surface area contributed by atoms with Crippen LogP contribution in [0.1, 0.15) is 10.6 Å². The number of carbonyl (C=O) groups excluding carboxylic acids is 1. The quantitative estimate of drug-likeness (QED) is 0.640. The van der Waals surface area contributed by atoms with E-state index in [1.54, 1.807) is 0 Å². The van der Waals surface area contributed by atoms with Crippen LogP contribution in [0, 0.1) is 10.1 Å². The number of rotatable bonds is 3. The summed E-state index contributed by atoms with van der Waals surface area (Å²) in [5.41, 5.74) is 5.17. The largest absolute Gasteiger partial charge is 0.493 e. The van der Waals surface area contributed by atoms with E-state index in [0.29, 0.717) is 5.39 Å². The number of nitro groups is 1. The number of nitrogens with zero attached hydrogens (tertiary/aromatic N) is 1. The van der Waals surface area contributed by atoms with Crippen molar-refractivity contribution in [3.63, 3.8) is 0 Å². The molecule has 0 saturated heterocycles. The van der Waals surface area contributed by atoms with Crippen LogP contribution in [0.15, 0.2) is 22.6 Å². The van der Waals surface area contributed by atoms with E-state index in [2.05, 4.69) is 0 Å².